The molecule has 1 unspecified atom stereocenters. The molecule has 1 N–H and O–H groups in total. The standard InChI is InChI=1S/C15H21NO3/c1-19-15(18)14-4-2-12(3-5-14)10-16-8-6-13(11-16)7-9-17/h2-5,13,17H,6-11H2,1H3. The number of aliphatic hydroxyl groups is 1. The molecule has 0 aliphatic carbocycles. The Morgan fingerprint density at radius 3 is 2.79 bits per heavy atom. The SMILES string of the molecule is COC(=O)c1ccc(CN2CCC(CCO)C2)cc1. The molecular weight excluding hydrogens is 242 g/mol. The number of carbonyl (C=O) groups excluding carboxylic acids is 1. The minimum absolute atomic E-state index is 0.284. The highest BCUT2D eigenvalue weighted by Gasteiger charge is 2.21. The lowest BCUT2D eigenvalue weighted by Gasteiger charge is -2.16. The molecule has 1 aromatic rings. The summed E-state index contributed by atoms with van der Waals surface area (Å²) >= 11 is 0. The Labute approximate surface area is 114 Å². The molecule has 4 heteroatoms. The van der Waals surface area contributed by atoms with Gasteiger partial charge in [0.05, 0.1) is 12.7 Å². The van der Waals surface area contributed by atoms with E-state index < -0.39 is 0 Å². The van der Waals surface area contributed by atoms with Gasteiger partial charge in [-0.15, -0.1) is 0 Å². The number of ether oxygens (including phenoxy) is 1. The largest absolute Gasteiger partial charge is 0.465 e. The predicted octanol–water partition coefficient (Wildman–Crippen LogP) is 1.68. The Morgan fingerprint density at radius 2 is 2.16 bits per heavy atom. The zero-order valence-electron chi connectivity index (χ0n) is 11.3. The Kier molecular flexibility index (Phi) is 4.93. The molecule has 19 heavy (non-hydrogen) atoms. The van der Waals surface area contributed by atoms with E-state index in [0.717, 1.165) is 26.1 Å². The number of carbonyl (C=O) groups is 1. The Hall–Kier alpha value is -1.39. The fourth-order valence-electron chi connectivity index (χ4n) is 2.60. The van der Waals surface area contributed by atoms with Gasteiger partial charge in [-0.3, -0.25) is 4.90 Å². The minimum Gasteiger partial charge on any atom is -0.465 e. The number of likely N-dealkylation sites (tertiary alicyclic amines) is 1. The van der Waals surface area contributed by atoms with Gasteiger partial charge in [0.25, 0.3) is 0 Å². The van der Waals surface area contributed by atoms with Gasteiger partial charge in [-0.25, -0.2) is 4.79 Å². The van der Waals surface area contributed by atoms with E-state index in [2.05, 4.69) is 9.64 Å². The fourth-order valence-corrected chi connectivity index (χ4v) is 2.60. The van der Waals surface area contributed by atoms with Crippen molar-refractivity contribution >= 4 is 5.97 Å². The molecular formula is C15H21NO3. The summed E-state index contributed by atoms with van der Waals surface area (Å²) in [6.45, 7) is 3.33. The zero-order chi connectivity index (χ0) is 13.7. The van der Waals surface area contributed by atoms with Crippen LogP contribution < -0.4 is 0 Å². The second-order valence-electron chi connectivity index (χ2n) is 5.09. The van der Waals surface area contributed by atoms with Gasteiger partial charge in [-0.2, -0.15) is 0 Å². The van der Waals surface area contributed by atoms with Crippen molar-refractivity contribution in [3.05, 3.63) is 35.4 Å². The number of hydrogen-bond donors (Lipinski definition) is 1. The first-order valence-corrected chi connectivity index (χ1v) is 6.73. The van der Waals surface area contributed by atoms with E-state index in [1.54, 1.807) is 0 Å². The first-order valence-electron chi connectivity index (χ1n) is 6.73. The third-order valence-corrected chi connectivity index (χ3v) is 3.69. The van der Waals surface area contributed by atoms with Gasteiger partial charge in [0.1, 0.15) is 0 Å². The van der Waals surface area contributed by atoms with E-state index in [1.165, 1.54) is 19.1 Å². The van der Waals surface area contributed by atoms with Crippen LogP contribution in [0.5, 0.6) is 0 Å². The average Bonchev–Trinajstić information content (AvgIpc) is 2.86. The molecule has 1 fully saturated rings. The minimum atomic E-state index is -0.296. The number of methoxy groups -OCH3 is 1. The van der Waals surface area contributed by atoms with Gasteiger partial charge in [-0.05, 0) is 43.0 Å². The summed E-state index contributed by atoms with van der Waals surface area (Å²) in [5, 5.41) is 8.95. The summed E-state index contributed by atoms with van der Waals surface area (Å²) < 4.78 is 4.68. The summed E-state index contributed by atoms with van der Waals surface area (Å²) in [4.78, 5) is 13.7. The van der Waals surface area contributed by atoms with E-state index in [4.69, 9.17) is 5.11 Å². The van der Waals surface area contributed by atoms with E-state index in [0.29, 0.717) is 11.5 Å². The van der Waals surface area contributed by atoms with Crippen molar-refractivity contribution in [3.8, 4) is 0 Å². The van der Waals surface area contributed by atoms with Crippen molar-refractivity contribution in [2.24, 2.45) is 5.92 Å². The van der Waals surface area contributed by atoms with Crippen LogP contribution in [0.15, 0.2) is 24.3 Å². The molecule has 1 atom stereocenters. The van der Waals surface area contributed by atoms with Crippen molar-refractivity contribution in [1.82, 2.24) is 4.90 Å². The number of esters is 1. The summed E-state index contributed by atoms with van der Waals surface area (Å²) in [7, 11) is 1.39. The van der Waals surface area contributed by atoms with Crippen molar-refractivity contribution in [1.29, 1.82) is 0 Å². The molecule has 1 aromatic carbocycles. The van der Waals surface area contributed by atoms with Crippen LogP contribution in [0.3, 0.4) is 0 Å². The molecule has 4 nitrogen and oxygen atoms in total. The van der Waals surface area contributed by atoms with E-state index in [9.17, 15) is 4.79 Å². The third kappa shape index (κ3) is 3.78. The zero-order valence-corrected chi connectivity index (χ0v) is 11.3. The maximum atomic E-state index is 11.3. The Balaban J connectivity index is 1.88. The summed E-state index contributed by atoms with van der Waals surface area (Å²) in [6, 6.07) is 7.57. The second-order valence-corrected chi connectivity index (χ2v) is 5.09. The highest BCUT2D eigenvalue weighted by Crippen LogP contribution is 2.21. The first-order chi connectivity index (χ1) is 9.22. The topological polar surface area (TPSA) is 49.8 Å². The first kappa shape index (κ1) is 14.0. The maximum absolute atomic E-state index is 11.3. The van der Waals surface area contributed by atoms with Gasteiger partial charge in [-0.1, -0.05) is 12.1 Å². The van der Waals surface area contributed by atoms with Crippen LogP contribution in [-0.4, -0.2) is 42.8 Å². The number of benzene rings is 1. The summed E-state index contributed by atoms with van der Waals surface area (Å²) in [5.74, 6) is 0.329. The monoisotopic (exact) mass is 263 g/mol. The van der Waals surface area contributed by atoms with Crippen LogP contribution in [0.2, 0.25) is 0 Å². The molecule has 0 aromatic heterocycles. The number of hydrogen-bond acceptors (Lipinski definition) is 4. The maximum Gasteiger partial charge on any atom is 0.337 e. The molecule has 0 spiro atoms. The van der Waals surface area contributed by atoms with Crippen molar-refractivity contribution in [2.75, 3.05) is 26.8 Å². The normalized spacial score (nSPS) is 19.6. The number of rotatable bonds is 5. The van der Waals surface area contributed by atoms with E-state index in [-0.39, 0.29) is 12.6 Å². The van der Waals surface area contributed by atoms with Crippen molar-refractivity contribution < 1.29 is 14.6 Å². The quantitative estimate of drug-likeness (QED) is 0.821. The summed E-state index contributed by atoms with van der Waals surface area (Å²) in [6.07, 6.45) is 2.07. The Bertz CT molecular complexity index is 416. The molecule has 0 radical (unpaired) electrons. The summed E-state index contributed by atoms with van der Waals surface area (Å²) in [5.41, 5.74) is 1.79. The van der Waals surface area contributed by atoms with Gasteiger partial charge in [0, 0.05) is 19.7 Å². The molecule has 0 saturated carbocycles. The van der Waals surface area contributed by atoms with Crippen LogP contribution in [0.4, 0.5) is 0 Å². The van der Waals surface area contributed by atoms with E-state index in [1.807, 2.05) is 24.3 Å². The van der Waals surface area contributed by atoms with Crippen LogP contribution in [0.1, 0.15) is 28.8 Å². The van der Waals surface area contributed by atoms with Gasteiger partial charge < -0.3 is 9.84 Å². The molecule has 0 amide bonds. The average molecular weight is 263 g/mol. The van der Waals surface area contributed by atoms with Crippen LogP contribution in [0.25, 0.3) is 0 Å². The molecule has 1 heterocycles. The van der Waals surface area contributed by atoms with Crippen LogP contribution >= 0.6 is 0 Å². The molecule has 0 bridgehead atoms. The van der Waals surface area contributed by atoms with Crippen molar-refractivity contribution in [2.45, 2.75) is 19.4 Å². The van der Waals surface area contributed by atoms with Crippen LogP contribution in [-0.2, 0) is 11.3 Å². The highest BCUT2D eigenvalue weighted by molar-refractivity contribution is 5.89. The fraction of sp³-hybridized carbons (Fsp3) is 0.533. The molecule has 1 saturated heterocycles. The molecule has 104 valence electrons. The predicted molar refractivity (Wildman–Crippen MR) is 72.9 cm³/mol. The van der Waals surface area contributed by atoms with Crippen LogP contribution in [0, 0.1) is 5.92 Å². The Morgan fingerprint density at radius 1 is 1.42 bits per heavy atom. The van der Waals surface area contributed by atoms with Gasteiger partial charge in [0.2, 0.25) is 0 Å². The lowest BCUT2D eigenvalue weighted by atomic mass is 10.1. The number of aliphatic hydroxyl groups excluding tert-OH is 1. The molecule has 1 aliphatic rings. The van der Waals surface area contributed by atoms with E-state index >= 15 is 0 Å². The molecule has 1 aliphatic heterocycles. The van der Waals surface area contributed by atoms with Crippen molar-refractivity contribution in [3.63, 3.8) is 0 Å². The third-order valence-electron chi connectivity index (χ3n) is 3.69. The second kappa shape index (κ2) is 6.68. The molecule has 2 rings (SSSR count). The lowest BCUT2D eigenvalue weighted by molar-refractivity contribution is 0.0600. The highest BCUT2D eigenvalue weighted by atomic mass is 16.5. The smallest absolute Gasteiger partial charge is 0.337 e. The lowest BCUT2D eigenvalue weighted by Crippen LogP contribution is -2.20. The number of nitrogens with zero attached hydrogens (tertiary/aromatic N) is 1. The van der Waals surface area contributed by atoms with Gasteiger partial charge >= 0.3 is 5.97 Å². The van der Waals surface area contributed by atoms with Gasteiger partial charge in [0.15, 0.2) is 0 Å².